The van der Waals surface area contributed by atoms with E-state index in [4.69, 9.17) is 4.52 Å². The molecule has 0 aliphatic heterocycles. The Hall–Kier alpha value is -0.950. The van der Waals surface area contributed by atoms with Gasteiger partial charge < -0.3 is 9.84 Å². The second kappa shape index (κ2) is 7.59. The molecule has 7 heteroatoms. The van der Waals surface area contributed by atoms with E-state index in [1.165, 1.54) is 0 Å². The Kier molecular flexibility index (Phi) is 6.44. The average Bonchev–Trinajstić information content (AvgIpc) is 2.71. The molecule has 1 rings (SSSR count). The predicted molar refractivity (Wildman–Crippen MR) is 73.5 cm³/mol. The molecule has 110 valence electrons. The summed E-state index contributed by atoms with van der Waals surface area (Å²) in [5.41, 5.74) is 0. The highest BCUT2D eigenvalue weighted by atomic mass is 32.2. The molecule has 6 nitrogen and oxygen atoms in total. The number of hydrogen-bond acceptors (Lipinski definition) is 6. The van der Waals surface area contributed by atoms with Gasteiger partial charge in [-0.25, -0.2) is 8.42 Å². The number of aromatic nitrogens is 2. The molecule has 1 aromatic rings. The second-order valence-corrected chi connectivity index (χ2v) is 6.96. The fraction of sp³-hybridized carbons (Fsp3) is 0.833. The van der Waals surface area contributed by atoms with Crippen molar-refractivity contribution in [3.05, 3.63) is 11.7 Å². The monoisotopic (exact) mass is 289 g/mol. The van der Waals surface area contributed by atoms with Gasteiger partial charge in [-0.15, -0.1) is 0 Å². The highest BCUT2D eigenvalue weighted by Gasteiger charge is 2.15. The van der Waals surface area contributed by atoms with E-state index in [9.17, 15) is 8.42 Å². The van der Waals surface area contributed by atoms with E-state index in [0.29, 0.717) is 18.4 Å². The van der Waals surface area contributed by atoms with Gasteiger partial charge in [0.2, 0.25) is 5.89 Å². The van der Waals surface area contributed by atoms with Crippen LogP contribution in [0.1, 0.15) is 44.8 Å². The lowest BCUT2D eigenvalue weighted by Crippen LogP contribution is -2.31. The molecule has 1 atom stereocenters. The minimum atomic E-state index is -3.12. The van der Waals surface area contributed by atoms with Gasteiger partial charge in [-0.3, -0.25) is 0 Å². The SMILES string of the molecule is CCCNC(CCC)Cc1nc(CS(C)(=O)=O)no1. The van der Waals surface area contributed by atoms with Crippen LogP contribution in [0.5, 0.6) is 0 Å². The first-order valence-corrected chi connectivity index (χ1v) is 8.73. The topological polar surface area (TPSA) is 85.1 Å². The van der Waals surface area contributed by atoms with Crippen molar-refractivity contribution < 1.29 is 12.9 Å². The first-order valence-electron chi connectivity index (χ1n) is 6.67. The molecule has 1 heterocycles. The van der Waals surface area contributed by atoms with Crippen molar-refractivity contribution in [3.8, 4) is 0 Å². The van der Waals surface area contributed by atoms with Crippen molar-refractivity contribution >= 4 is 9.84 Å². The van der Waals surface area contributed by atoms with Gasteiger partial charge in [-0.1, -0.05) is 25.4 Å². The number of nitrogens with one attached hydrogen (secondary N) is 1. The van der Waals surface area contributed by atoms with Crippen LogP contribution >= 0.6 is 0 Å². The molecular weight excluding hydrogens is 266 g/mol. The average molecular weight is 289 g/mol. The summed E-state index contributed by atoms with van der Waals surface area (Å²) < 4.78 is 27.4. The Labute approximate surface area is 114 Å². The smallest absolute Gasteiger partial charge is 0.228 e. The van der Waals surface area contributed by atoms with E-state index >= 15 is 0 Å². The maximum absolute atomic E-state index is 11.1. The van der Waals surface area contributed by atoms with E-state index < -0.39 is 9.84 Å². The summed E-state index contributed by atoms with van der Waals surface area (Å²) in [6, 6.07) is 0.302. The first kappa shape index (κ1) is 16.1. The highest BCUT2D eigenvalue weighted by molar-refractivity contribution is 7.89. The fourth-order valence-corrected chi connectivity index (χ4v) is 2.44. The molecule has 1 aromatic heterocycles. The summed E-state index contributed by atoms with van der Waals surface area (Å²) in [6.07, 6.45) is 4.98. The Balaban J connectivity index is 2.59. The van der Waals surface area contributed by atoms with Crippen molar-refractivity contribution in [1.29, 1.82) is 0 Å². The van der Waals surface area contributed by atoms with Crippen LogP contribution in [0.3, 0.4) is 0 Å². The lowest BCUT2D eigenvalue weighted by molar-refractivity contribution is 0.347. The van der Waals surface area contributed by atoms with Gasteiger partial charge in [0.05, 0.1) is 0 Å². The molecule has 0 amide bonds. The normalized spacial score (nSPS) is 13.6. The number of nitrogens with zero attached hydrogens (tertiary/aromatic N) is 2. The third-order valence-electron chi connectivity index (χ3n) is 2.64. The highest BCUT2D eigenvalue weighted by Crippen LogP contribution is 2.08. The summed E-state index contributed by atoms with van der Waals surface area (Å²) in [6.45, 7) is 5.20. The quantitative estimate of drug-likeness (QED) is 0.738. The molecule has 0 aromatic carbocycles. The summed E-state index contributed by atoms with van der Waals surface area (Å²) in [5, 5.41) is 7.13. The van der Waals surface area contributed by atoms with Crippen molar-refractivity contribution in [1.82, 2.24) is 15.5 Å². The molecule has 1 N–H and O–H groups in total. The molecule has 0 fully saturated rings. The summed E-state index contributed by atoms with van der Waals surface area (Å²) in [7, 11) is -3.12. The zero-order valence-corrected chi connectivity index (χ0v) is 12.7. The van der Waals surface area contributed by atoms with Crippen LogP contribution in [0.4, 0.5) is 0 Å². The lowest BCUT2D eigenvalue weighted by atomic mass is 10.1. The Morgan fingerprint density at radius 3 is 2.63 bits per heavy atom. The third kappa shape index (κ3) is 6.68. The van der Waals surface area contributed by atoms with Crippen molar-refractivity contribution in [2.24, 2.45) is 0 Å². The molecule has 0 aliphatic carbocycles. The van der Waals surface area contributed by atoms with Crippen LogP contribution in [0.15, 0.2) is 4.52 Å². The summed E-state index contributed by atoms with van der Waals surface area (Å²) in [4.78, 5) is 4.13. The van der Waals surface area contributed by atoms with Crippen LogP contribution in [0.2, 0.25) is 0 Å². The minimum absolute atomic E-state index is 0.169. The molecule has 0 radical (unpaired) electrons. The molecule has 1 unspecified atom stereocenters. The van der Waals surface area contributed by atoms with Crippen molar-refractivity contribution in [2.75, 3.05) is 12.8 Å². The predicted octanol–water partition coefficient (Wildman–Crippen LogP) is 1.32. The van der Waals surface area contributed by atoms with Gasteiger partial charge in [-0.05, 0) is 19.4 Å². The molecule has 0 spiro atoms. The molecule has 0 saturated carbocycles. The van der Waals surface area contributed by atoms with E-state index in [1.807, 2.05) is 0 Å². The van der Waals surface area contributed by atoms with E-state index in [0.717, 1.165) is 32.1 Å². The van der Waals surface area contributed by atoms with Gasteiger partial charge in [0.1, 0.15) is 5.75 Å². The van der Waals surface area contributed by atoms with Gasteiger partial charge in [-0.2, -0.15) is 4.98 Å². The van der Waals surface area contributed by atoms with Crippen LogP contribution in [0.25, 0.3) is 0 Å². The molecule has 0 bridgehead atoms. The fourth-order valence-electron chi connectivity index (χ4n) is 1.85. The maximum Gasteiger partial charge on any atom is 0.228 e. The maximum atomic E-state index is 11.1. The zero-order valence-electron chi connectivity index (χ0n) is 11.8. The largest absolute Gasteiger partial charge is 0.339 e. The van der Waals surface area contributed by atoms with Crippen molar-refractivity contribution in [3.63, 3.8) is 0 Å². The second-order valence-electron chi connectivity index (χ2n) is 4.82. The first-order chi connectivity index (χ1) is 8.94. The Bertz CT molecular complexity index is 470. The zero-order chi connectivity index (χ0) is 14.3. The number of rotatable bonds is 9. The third-order valence-corrected chi connectivity index (χ3v) is 3.43. The van der Waals surface area contributed by atoms with Gasteiger partial charge in [0, 0.05) is 18.7 Å². The van der Waals surface area contributed by atoms with Gasteiger partial charge in [0.15, 0.2) is 15.7 Å². The molecular formula is C12H23N3O3S. The van der Waals surface area contributed by atoms with E-state index in [-0.39, 0.29) is 11.6 Å². The van der Waals surface area contributed by atoms with Gasteiger partial charge in [0.25, 0.3) is 0 Å². The van der Waals surface area contributed by atoms with Crippen molar-refractivity contribution in [2.45, 2.75) is 51.3 Å². The van der Waals surface area contributed by atoms with E-state index in [1.54, 1.807) is 0 Å². The minimum Gasteiger partial charge on any atom is -0.339 e. The van der Waals surface area contributed by atoms with Crippen LogP contribution in [0, 0.1) is 0 Å². The van der Waals surface area contributed by atoms with Gasteiger partial charge >= 0.3 is 0 Å². The standard InChI is InChI=1S/C12H23N3O3S/c1-4-6-10(13-7-5-2)8-12-14-11(15-18-12)9-19(3,16)17/h10,13H,4-9H2,1-3H3. The number of hydrogen-bond donors (Lipinski definition) is 1. The van der Waals surface area contributed by atoms with Crippen LogP contribution in [-0.4, -0.2) is 37.4 Å². The Morgan fingerprint density at radius 2 is 2.05 bits per heavy atom. The lowest BCUT2D eigenvalue weighted by Gasteiger charge is -2.15. The Morgan fingerprint density at radius 1 is 1.32 bits per heavy atom. The summed E-state index contributed by atoms with van der Waals surface area (Å²) in [5.74, 6) is 0.570. The number of sulfone groups is 1. The molecule has 0 aliphatic rings. The molecule has 0 saturated heterocycles. The molecule has 19 heavy (non-hydrogen) atoms. The van der Waals surface area contributed by atoms with E-state index in [2.05, 4.69) is 29.3 Å². The summed E-state index contributed by atoms with van der Waals surface area (Å²) >= 11 is 0. The van der Waals surface area contributed by atoms with Crippen LogP contribution < -0.4 is 5.32 Å². The van der Waals surface area contributed by atoms with Crippen LogP contribution in [-0.2, 0) is 22.0 Å².